The Bertz CT molecular complexity index is 627. The number of carbonyl (C=O) groups excluding carboxylic acids is 1. The van der Waals surface area contributed by atoms with Crippen molar-refractivity contribution in [1.82, 2.24) is 9.69 Å². The number of benzene rings is 1. The molecule has 4 nitrogen and oxygen atoms in total. The molecule has 1 amide bonds. The maximum absolute atomic E-state index is 12.3. The summed E-state index contributed by atoms with van der Waals surface area (Å²) in [4.78, 5) is 12.3. The van der Waals surface area contributed by atoms with Crippen molar-refractivity contribution in [1.29, 1.82) is 0 Å². The molecule has 1 aromatic carbocycles. The van der Waals surface area contributed by atoms with Crippen LogP contribution in [0.5, 0.6) is 0 Å². The lowest BCUT2D eigenvalue weighted by Gasteiger charge is -2.21. The average Bonchev–Trinajstić information content (AvgIpc) is 3.15. The van der Waals surface area contributed by atoms with E-state index in [0.717, 1.165) is 30.5 Å². The number of hydrogen-bond acceptors (Lipinski definition) is 4. The molecule has 1 heterocycles. The lowest BCUT2D eigenvalue weighted by molar-refractivity contribution is 0.0272. The van der Waals surface area contributed by atoms with Crippen molar-refractivity contribution >= 4 is 17.4 Å². The van der Waals surface area contributed by atoms with Crippen LogP contribution in [0.4, 0.5) is 0 Å². The molecular formula is C17H20N2O2S. The molecule has 22 heavy (non-hydrogen) atoms. The highest BCUT2D eigenvalue weighted by Crippen LogP contribution is 2.24. The third-order valence-corrected chi connectivity index (χ3v) is 4.79. The van der Waals surface area contributed by atoms with E-state index in [2.05, 4.69) is 21.8 Å². The predicted octanol–water partition coefficient (Wildman–Crippen LogP) is 3.32. The van der Waals surface area contributed by atoms with Gasteiger partial charge in [0.15, 0.2) is 0 Å². The second kappa shape index (κ2) is 7.03. The second-order valence-corrected chi connectivity index (χ2v) is 6.29. The average molecular weight is 316 g/mol. The highest BCUT2D eigenvalue weighted by Gasteiger charge is 2.30. The van der Waals surface area contributed by atoms with Gasteiger partial charge < -0.3 is 10.1 Å². The van der Waals surface area contributed by atoms with E-state index in [4.69, 9.17) is 4.74 Å². The Labute approximate surface area is 134 Å². The van der Waals surface area contributed by atoms with E-state index in [0.29, 0.717) is 12.2 Å². The molecule has 3 rings (SSSR count). The van der Waals surface area contributed by atoms with E-state index in [9.17, 15) is 4.79 Å². The molecule has 0 bridgehead atoms. The Balaban J connectivity index is 1.57. The van der Waals surface area contributed by atoms with Crippen LogP contribution in [-0.2, 0) is 11.3 Å². The molecule has 1 aliphatic rings. The van der Waals surface area contributed by atoms with Crippen LogP contribution in [0.2, 0.25) is 0 Å². The second-order valence-electron chi connectivity index (χ2n) is 5.66. The molecule has 0 radical (unpaired) electrons. The largest absolute Gasteiger partial charge is 0.371 e. The van der Waals surface area contributed by atoms with Gasteiger partial charge in [-0.15, -0.1) is 0 Å². The number of nitrogens with one attached hydrogen (secondary N) is 1. The van der Waals surface area contributed by atoms with Gasteiger partial charge in [-0.1, -0.05) is 30.3 Å². The van der Waals surface area contributed by atoms with Gasteiger partial charge in [0.25, 0.3) is 5.91 Å². The van der Waals surface area contributed by atoms with E-state index in [1.807, 2.05) is 25.1 Å². The molecule has 1 aromatic heterocycles. The van der Waals surface area contributed by atoms with Crippen LogP contribution in [0.3, 0.4) is 0 Å². The summed E-state index contributed by atoms with van der Waals surface area (Å²) in [5.74, 6) is -0.0357. The zero-order valence-electron chi connectivity index (χ0n) is 12.6. The molecule has 1 N–H and O–H groups in total. The van der Waals surface area contributed by atoms with E-state index < -0.39 is 0 Å². The lowest BCUT2D eigenvalue weighted by atomic mass is 10.1. The minimum atomic E-state index is -0.0357. The van der Waals surface area contributed by atoms with Gasteiger partial charge in [-0.05, 0) is 43.3 Å². The monoisotopic (exact) mass is 316 g/mol. The third kappa shape index (κ3) is 3.54. The van der Waals surface area contributed by atoms with Gasteiger partial charge in [0.05, 0.1) is 30.0 Å². The standard InChI is InChI=1S/C17H20N2O2S/c1-12-14(11-22-19-12)17(20)18-15-8-5-9-16(15)21-10-13-6-3-2-4-7-13/h2-4,6-7,11,15-16H,5,8-10H2,1H3,(H,18,20). The molecule has 2 aromatic rings. The van der Waals surface area contributed by atoms with Gasteiger partial charge in [-0.3, -0.25) is 4.79 Å². The number of rotatable bonds is 5. The van der Waals surface area contributed by atoms with Gasteiger partial charge in [-0.25, -0.2) is 0 Å². The maximum atomic E-state index is 12.3. The highest BCUT2D eigenvalue weighted by molar-refractivity contribution is 7.03. The summed E-state index contributed by atoms with van der Waals surface area (Å²) >= 11 is 1.32. The van der Waals surface area contributed by atoms with E-state index in [1.165, 1.54) is 11.5 Å². The van der Waals surface area contributed by atoms with Gasteiger partial charge in [-0.2, -0.15) is 4.37 Å². The van der Waals surface area contributed by atoms with E-state index >= 15 is 0 Å². The summed E-state index contributed by atoms with van der Waals surface area (Å²) in [5.41, 5.74) is 2.64. The van der Waals surface area contributed by atoms with E-state index in [1.54, 1.807) is 5.38 Å². The van der Waals surface area contributed by atoms with Gasteiger partial charge in [0.2, 0.25) is 0 Å². The van der Waals surface area contributed by atoms with Crippen molar-refractivity contribution in [3.05, 3.63) is 52.5 Å². The van der Waals surface area contributed by atoms with Crippen molar-refractivity contribution in [3.63, 3.8) is 0 Å². The number of hydrogen-bond donors (Lipinski definition) is 1. The number of carbonyl (C=O) groups is 1. The summed E-state index contributed by atoms with van der Waals surface area (Å²) in [7, 11) is 0. The Morgan fingerprint density at radius 1 is 1.36 bits per heavy atom. The molecule has 5 heteroatoms. The maximum Gasteiger partial charge on any atom is 0.254 e. The number of aryl methyl sites for hydroxylation is 1. The fourth-order valence-corrected chi connectivity index (χ4v) is 3.52. The number of ether oxygens (including phenoxy) is 1. The van der Waals surface area contributed by atoms with Crippen molar-refractivity contribution in [2.75, 3.05) is 0 Å². The summed E-state index contributed by atoms with van der Waals surface area (Å²) in [6.07, 6.45) is 3.15. The van der Waals surface area contributed by atoms with Crippen molar-refractivity contribution in [2.45, 2.75) is 44.9 Å². The fourth-order valence-electron chi connectivity index (χ4n) is 2.82. The van der Waals surface area contributed by atoms with Gasteiger partial charge in [0.1, 0.15) is 0 Å². The number of amides is 1. The van der Waals surface area contributed by atoms with Crippen molar-refractivity contribution < 1.29 is 9.53 Å². The minimum absolute atomic E-state index is 0.0357. The quantitative estimate of drug-likeness (QED) is 0.920. The molecule has 1 saturated carbocycles. The molecule has 0 aliphatic heterocycles. The first-order valence-corrected chi connectivity index (χ1v) is 8.45. The smallest absolute Gasteiger partial charge is 0.254 e. The van der Waals surface area contributed by atoms with Gasteiger partial charge >= 0.3 is 0 Å². The third-order valence-electron chi connectivity index (χ3n) is 4.07. The van der Waals surface area contributed by atoms with Crippen LogP contribution in [0, 0.1) is 6.92 Å². The van der Waals surface area contributed by atoms with Crippen LogP contribution in [0.1, 0.15) is 40.9 Å². The lowest BCUT2D eigenvalue weighted by Crippen LogP contribution is -2.41. The first-order chi connectivity index (χ1) is 10.7. The van der Waals surface area contributed by atoms with E-state index in [-0.39, 0.29) is 18.1 Å². The molecule has 0 spiro atoms. The predicted molar refractivity (Wildman–Crippen MR) is 87.0 cm³/mol. The Morgan fingerprint density at radius 2 is 2.18 bits per heavy atom. The SMILES string of the molecule is Cc1nscc1C(=O)NC1CCCC1OCc1ccccc1. The Kier molecular flexibility index (Phi) is 4.85. The molecule has 116 valence electrons. The molecular weight excluding hydrogens is 296 g/mol. The fraction of sp³-hybridized carbons (Fsp3) is 0.412. The molecule has 2 atom stereocenters. The Hall–Kier alpha value is -1.72. The Morgan fingerprint density at radius 3 is 2.91 bits per heavy atom. The molecule has 1 fully saturated rings. The first kappa shape index (κ1) is 15.2. The zero-order chi connectivity index (χ0) is 15.4. The highest BCUT2D eigenvalue weighted by atomic mass is 32.1. The number of nitrogens with zero attached hydrogens (tertiary/aromatic N) is 1. The summed E-state index contributed by atoms with van der Waals surface area (Å²) in [6.45, 7) is 2.46. The summed E-state index contributed by atoms with van der Waals surface area (Å²) in [6, 6.07) is 10.2. The summed E-state index contributed by atoms with van der Waals surface area (Å²) < 4.78 is 10.2. The van der Waals surface area contributed by atoms with Crippen molar-refractivity contribution in [2.24, 2.45) is 0 Å². The van der Waals surface area contributed by atoms with Crippen LogP contribution >= 0.6 is 11.5 Å². The molecule has 1 aliphatic carbocycles. The molecule has 2 unspecified atom stereocenters. The normalized spacial score (nSPS) is 21.0. The van der Waals surface area contributed by atoms with Crippen LogP contribution < -0.4 is 5.32 Å². The number of aromatic nitrogens is 1. The van der Waals surface area contributed by atoms with Crippen LogP contribution in [0.25, 0.3) is 0 Å². The summed E-state index contributed by atoms with van der Waals surface area (Å²) in [5, 5.41) is 4.92. The van der Waals surface area contributed by atoms with Crippen molar-refractivity contribution in [3.8, 4) is 0 Å². The zero-order valence-corrected chi connectivity index (χ0v) is 13.4. The van der Waals surface area contributed by atoms with Crippen LogP contribution in [-0.4, -0.2) is 22.4 Å². The van der Waals surface area contributed by atoms with Gasteiger partial charge in [0, 0.05) is 5.38 Å². The first-order valence-electron chi connectivity index (χ1n) is 7.61. The topological polar surface area (TPSA) is 51.2 Å². The van der Waals surface area contributed by atoms with Crippen LogP contribution in [0.15, 0.2) is 35.7 Å². The minimum Gasteiger partial charge on any atom is -0.371 e. The molecule has 0 saturated heterocycles.